The van der Waals surface area contributed by atoms with Crippen molar-refractivity contribution in [2.45, 2.75) is 6.92 Å². The zero-order valence-electron chi connectivity index (χ0n) is 10.5. The van der Waals surface area contributed by atoms with Crippen LogP contribution in [0.4, 0.5) is 10.4 Å². The maximum Gasteiger partial charge on any atom is 0.298 e. The largest absolute Gasteiger partial charge is 0.423 e. The van der Waals surface area contributed by atoms with Crippen LogP contribution in [0.5, 0.6) is 0 Å². The van der Waals surface area contributed by atoms with Crippen LogP contribution in [0.1, 0.15) is 6.92 Å². The van der Waals surface area contributed by atoms with Gasteiger partial charge in [-0.15, -0.1) is 0 Å². The van der Waals surface area contributed by atoms with Gasteiger partial charge in [0, 0.05) is 19.2 Å². The minimum Gasteiger partial charge on any atom is -0.423 e. The monoisotopic (exact) mass is 263 g/mol. The van der Waals surface area contributed by atoms with E-state index in [0.29, 0.717) is 30.2 Å². The molecule has 0 bridgehead atoms. The molecule has 2 atom stereocenters. The number of carbonyl (C=O) groups is 1. The second kappa shape index (κ2) is 4.22. The lowest BCUT2D eigenvalue weighted by Crippen LogP contribution is -2.29. The molecule has 2 N–H and O–H groups in total. The van der Waals surface area contributed by atoms with Crippen molar-refractivity contribution >= 4 is 23.0 Å². The number of halogens is 1. The maximum atomic E-state index is 13.1. The van der Waals surface area contributed by atoms with E-state index in [1.807, 2.05) is 11.8 Å². The highest BCUT2D eigenvalue weighted by Crippen LogP contribution is 2.29. The van der Waals surface area contributed by atoms with E-state index in [2.05, 4.69) is 4.98 Å². The predicted octanol–water partition coefficient (Wildman–Crippen LogP) is 1.52. The van der Waals surface area contributed by atoms with Crippen molar-refractivity contribution in [1.29, 1.82) is 0 Å². The topological polar surface area (TPSA) is 72.4 Å². The number of nitrogens with zero attached hydrogens (tertiary/aromatic N) is 2. The van der Waals surface area contributed by atoms with Crippen molar-refractivity contribution in [2.24, 2.45) is 17.6 Å². The molecule has 0 saturated carbocycles. The van der Waals surface area contributed by atoms with E-state index in [9.17, 15) is 9.18 Å². The maximum absolute atomic E-state index is 13.1. The third kappa shape index (κ3) is 2.03. The second-order valence-electron chi connectivity index (χ2n) is 5.00. The third-order valence-corrected chi connectivity index (χ3v) is 3.59. The number of benzene rings is 1. The smallest absolute Gasteiger partial charge is 0.298 e. The Labute approximate surface area is 109 Å². The van der Waals surface area contributed by atoms with Gasteiger partial charge in [-0.25, -0.2) is 4.39 Å². The van der Waals surface area contributed by atoms with E-state index in [1.54, 1.807) is 6.07 Å². The van der Waals surface area contributed by atoms with Crippen LogP contribution in [0, 0.1) is 17.7 Å². The van der Waals surface area contributed by atoms with Gasteiger partial charge in [0.05, 0.1) is 5.92 Å². The number of anilines is 1. The van der Waals surface area contributed by atoms with Crippen LogP contribution in [-0.4, -0.2) is 24.0 Å². The van der Waals surface area contributed by atoms with Crippen LogP contribution in [0.15, 0.2) is 22.6 Å². The lowest BCUT2D eigenvalue weighted by molar-refractivity contribution is -0.122. The zero-order chi connectivity index (χ0) is 13.6. The van der Waals surface area contributed by atoms with Gasteiger partial charge in [-0.05, 0) is 18.1 Å². The fourth-order valence-electron chi connectivity index (χ4n) is 2.52. The number of carbonyl (C=O) groups excluding carboxylic acids is 1. The van der Waals surface area contributed by atoms with Crippen molar-refractivity contribution in [2.75, 3.05) is 18.0 Å². The predicted molar refractivity (Wildman–Crippen MR) is 68.0 cm³/mol. The third-order valence-electron chi connectivity index (χ3n) is 3.59. The average Bonchev–Trinajstić information content (AvgIpc) is 2.91. The van der Waals surface area contributed by atoms with Crippen LogP contribution < -0.4 is 10.6 Å². The number of hydrogen-bond acceptors (Lipinski definition) is 4. The summed E-state index contributed by atoms with van der Waals surface area (Å²) in [5, 5.41) is 0. The van der Waals surface area contributed by atoms with Crippen molar-refractivity contribution in [3.05, 3.63) is 24.0 Å². The van der Waals surface area contributed by atoms with Crippen molar-refractivity contribution in [3.63, 3.8) is 0 Å². The lowest BCUT2D eigenvalue weighted by atomic mass is 9.98. The van der Waals surface area contributed by atoms with Crippen LogP contribution in [0.2, 0.25) is 0 Å². The van der Waals surface area contributed by atoms with E-state index in [4.69, 9.17) is 10.2 Å². The van der Waals surface area contributed by atoms with Gasteiger partial charge in [-0.1, -0.05) is 6.92 Å². The Bertz CT molecular complexity index is 640. The summed E-state index contributed by atoms with van der Waals surface area (Å²) < 4.78 is 18.7. The number of nitrogens with two attached hydrogens (primary N) is 1. The Morgan fingerprint density at radius 3 is 3.00 bits per heavy atom. The Hall–Kier alpha value is -2.11. The Morgan fingerprint density at radius 1 is 1.53 bits per heavy atom. The Kier molecular flexibility index (Phi) is 2.66. The van der Waals surface area contributed by atoms with Crippen LogP contribution in [0.3, 0.4) is 0 Å². The minimum absolute atomic E-state index is 0.157. The molecule has 1 amide bonds. The van der Waals surface area contributed by atoms with Gasteiger partial charge in [0.15, 0.2) is 5.58 Å². The molecule has 3 rings (SSSR count). The number of oxazole rings is 1. The molecule has 1 aromatic heterocycles. The number of fused-ring (bicyclic) bond motifs is 1. The summed E-state index contributed by atoms with van der Waals surface area (Å²) in [6, 6.07) is 4.62. The van der Waals surface area contributed by atoms with Gasteiger partial charge in [0.2, 0.25) is 5.91 Å². The molecular weight excluding hydrogens is 249 g/mol. The number of primary amides is 1. The van der Waals surface area contributed by atoms with E-state index in [-0.39, 0.29) is 23.6 Å². The Balaban J connectivity index is 1.91. The van der Waals surface area contributed by atoms with Crippen molar-refractivity contribution in [3.8, 4) is 0 Å². The first-order valence-corrected chi connectivity index (χ1v) is 6.15. The molecule has 1 aliphatic rings. The lowest BCUT2D eigenvalue weighted by Gasteiger charge is -2.11. The van der Waals surface area contributed by atoms with E-state index in [0.717, 1.165) is 0 Å². The first-order chi connectivity index (χ1) is 9.04. The molecule has 0 radical (unpaired) electrons. The highest BCUT2D eigenvalue weighted by Gasteiger charge is 2.35. The molecule has 5 nitrogen and oxygen atoms in total. The fraction of sp³-hybridized carbons (Fsp3) is 0.385. The highest BCUT2D eigenvalue weighted by atomic mass is 19.1. The summed E-state index contributed by atoms with van der Waals surface area (Å²) in [7, 11) is 0. The summed E-state index contributed by atoms with van der Waals surface area (Å²) in [5.41, 5.74) is 6.37. The molecular formula is C13H14FN3O2. The normalized spacial score (nSPS) is 23.2. The summed E-state index contributed by atoms with van der Waals surface area (Å²) in [6.07, 6.45) is 0. The molecule has 0 spiro atoms. The summed E-state index contributed by atoms with van der Waals surface area (Å²) >= 11 is 0. The van der Waals surface area contributed by atoms with Gasteiger partial charge in [-0.2, -0.15) is 4.98 Å². The van der Waals surface area contributed by atoms with Crippen LogP contribution in [0.25, 0.3) is 11.1 Å². The summed E-state index contributed by atoms with van der Waals surface area (Å²) in [4.78, 5) is 17.4. The van der Waals surface area contributed by atoms with Crippen molar-refractivity contribution < 1.29 is 13.6 Å². The van der Waals surface area contributed by atoms with E-state index in [1.165, 1.54) is 12.1 Å². The SMILES string of the molecule is C[C@@H]1CN(c2nc3cc(F)ccc3o2)C[C@H]1C(N)=O. The molecule has 1 saturated heterocycles. The first-order valence-electron chi connectivity index (χ1n) is 6.15. The molecule has 2 heterocycles. The second-order valence-corrected chi connectivity index (χ2v) is 5.00. The van der Waals surface area contributed by atoms with Crippen LogP contribution >= 0.6 is 0 Å². The summed E-state index contributed by atoms with van der Waals surface area (Å²) in [6.45, 7) is 3.12. The van der Waals surface area contributed by atoms with E-state index < -0.39 is 0 Å². The van der Waals surface area contributed by atoms with Gasteiger partial charge in [0.1, 0.15) is 11.3 Å². The van der Waals surface area contributed by atoms with Crippen LogP contribution in [-0.2, 0) is 4.79 Å². The van der Waals surface area contributed by atoms with E-state index >= 15 is 0 Å². The molecule has 2 aromatic rings. The highest BCUT2D eigenvalue weighted by molar-refractivity contribution is 5.79. The fourth-order valence-corrected chi connectivity index (χ4v) is 2.52. The molecule has 0 aliphatic carbocycles. The van der Waals surface area contributed by atoms with Gasteiger partial charge in [0.25, 0.3) is 6.01 Å². The molecule has 1 aromatic carbocycles. The van der Waals surface area contributed by atoms with Gasteiger partial charge in [-0.3, -0.25) is 4.79 Å². The minimum atomic E-state index is -0.350. The molecule has 100 valence electrons. The molecule has 1 fully saturated rings. The molecule has 0 unspecified atom stereocenters. The Morgan fingerprint density at radius 2 is 2.32 bits per heavy atom. The number of hydrogen-bond donors (Lipinski definition) is 1. The first kappa shape index (κ1) is 12.0. The molecule has 6 heteroatoms. The number of aromatic nitrogens is 1. The summed E-state index contributed by atoms with van der Waals surface area (Å²) in [5.74, 6) is -0.703. The average molecular weight is 263 g/mol. The zero-order valence-corrected chi connectivity index (χ0v) is 10.5. The standard InChI is InChI=1S/C13H14FN3O2/c1-7-5-17(6-9(7)12(15)18)13-16-10-4-8(14)2-3-11(10)19-13/h2-4,7,9H,5-6H2,1H3,(H2,15,18)/t7-,9-/m1/s1. The number of rotatable bonds is 2. The quantitative estimate of drug-likeness (QED) is 0.891. The van der Waals surface area contributed by atoms with Crippen molar-refractivity contribution in [1.82, 2.24) is 4.98 Å². The van der Waals surface area contributed by atoms with Gasteiger partial charge >= 0.3 is 0 Å². The molecule has 1 aliphatic heterocycles. The van der Waals surface area contributed by atoms with Gasteiger partial charge < -0.3 is 15.1 Å². The number of amides is 1. The molecule has 19 heavy (non-hydrogen) atoms.